The molecule has 0 aliphatic carbocycles. The van der Waals surface area contributed by atoms with Gasteiger partial charge in [-0.3, -0.25) is 4.90 Å². The van der Waals surface area contributed by atoms with Crippen molar-refractivity contribution >= 4 is 28.8 Å². The first-order chi connectivity index (χ1) is 10.1. The molecule has 2 aromatic rings. The van der Waals surface area contributed by atoms with Gasteiger partial charge in [-0.25, -0.2) is 9.78 Å². The van der Waals surface area contributed by atoms with E-state index in [-0.39, 0.29) is 6.09 Å². The Kier molecular flexibility index (Phi) is 3.79. The second-order valence-electron chi connectivity index (χ2n) is 4.98. The van der Waals surface area contributed by atoms with Crippen molar-refractivity contribution < 1.29 is 9.53 Å². The average molecular weight is 303 g/mol. The van der Waals surface area contributed by atoms with E-state index in [1.807, 2.05) is 32.0 Å². The van der Waals surface area contributed by atoms with Crippen LogP contribution in [0.2, 0.25) is 0 Å². The summed E-state index contributed by atoms with van der Waals surface area (Å²) in [7, 11) is 0. The van der Waals surface area contributed by atoms with Gasteiger partial charge >= 0.3 is 6.09 Å². The molecule has 0 atom stereocenters. The van der Waals surface area contributed by atoms with Gasteiger partial charge in [0.2, 0.25) is 0 Å². The lowest BCUT2D eigenvalue weighted by molar-refractivity contribution is 0.181. The first kappa shape index (κ1) is 13.9. The third-order valence-corrected chi connectivity index (χ3v) is 4.22. The van der Waals surface area contributed by atoms with Crippen LogP contribution in [0, 0.1) is 13.8 Å². The van der Waals surface area contributed by atoms with Crippen LogP contribution < -0.4 is 10.2 Å². The summed E-state index contributed by atoms with van der Waals surface area (Å²) in [6, 6.07) is 6.01. The maximum Gasteiger partial charge on any atom is 0.414 e. The van der Waals surface area contributed by atoms with Crippen LogP contribution in [0.15, 0.2) is 23.6 Å². The molecule has 1 aromatic heterocycles. The predicted molar refractivity (Wildman–Crippen MR) is 84.1 cm³/mol. The van der Waals surface area contributed by atoms with E-state index in [2.05, 4.69) is 15.7 Å². The molecule has 1 aliphatic heterocycles. The van der Waals surface area contributed by atoms with Gasteiger partial charge in [-0.2, -0.15) is 0 Å². The number of hydrogen-bond acceptors (Lipinski definition) is 5. The molecule has 5 nitrogen and oxygen atoms in total. The van der Waals surface area contributed by atoms with Crippen molar-refractivity contribution in [2.45, 2.75) is 20.4 Å². The number of amides is 1. The number of benzene rings is 1. The van der Waals surface area contributed by atoms with E-state index < -0.39 is 0 Å². The molecule has 2 heterocycles. The summed E-state index contributed by atoms with van der Waals surface area (Å²) in [5, 5.41) is 6.46. The Labute approximate surface area is 127 Å². The summed E-state index contributed by atoms with van der Waals surface area (Å²) in [5.41, 5.74) is 3.96. The van der Waals surface area contributed by atoms with Crippen molar-refractivity contribution in [3.8, 4) is 0 Å². The normalized spacial score (nSPS) is 14.4. The predicted octanol–water partition coefficient (Wildman–Crippen LogP) is 3.33. The number of carbonyl (C=O) groups is 1. The van der Waals surface area contributed by atoms with Crippen LogP contribution in [0.4, 0.5) is 16.2 Å². The van der Waals surface area contributed by atoms with E-state index >= 15 is 0 Å². The highest BCUT2D eigenvalue weighted by atomic mass is 32.1. The van der Waals surface area contributed by atoms with Gasteiger partial charge in [0.05, 0.1) is 29.5 Å². The number of rotatable bonds is 4. The minimum atomic E-state index is -0.273. The number of nitrogens with zero attached hydrogens (tertiary/aromatic N) is 2. The van der Waals surface area contributed by atoms with Gasteiger partial charge in [0.1, 0.15) is 6.61 Å². The first-order valence-electron chi connectivity index (χ1n) is 6.83. The molecule has 0 saturated carbocycles. The molecule has 1 amide bonds. The highest BCUT2D eigenvalue weighted by Gasteiger charge is 2.24. The van der Waals surface area contributed by atoms with Crippen LogP contribution in [0.1, 0.15) is 16.3 Å². The second-order valence-corrected chi connectivity index (χ2v) is 6.04. The van der Waals surface area contributed by atoms with Gasteiger partial charge < -0.3 is 10.1 Å². The van der Waals surface area contributed by atoms with E-state index in [9.17, 15) is 4.79 Å². The number of cyclic esters (lactones) is 1. The number of carbonyl (C=O) groups excluding carboxylic acids is 1. The molecule has 0 spiro atoms. The topological polar surface area (TPSA) is 54.5 Å². The fourth-order valence-corrected chi connectivity index (χ4v) is 2.92. The zero-order chi connectivity index (χ0) is 14.8. The van der Waals surface area contributed by atoms with Crippen molar-refractivity contribution in [1.29, 1.82) is 0 Å². The molecule has 0 bridgehead atoms. The van der Waals surface area contributed by atoms with Gasteiger partial charge in [-0.1, -0.05) is 6.07 Å². The van der Waals surface area contributed by atoms with Gasteiger partial charge in [-0.05, 0) is 31.5 Å². The number of nitrogens with one attached hydrogen (secondary N) is 1. The Hall–Kier alpha value is -2.08. The van der Waals surface area contributed by atoms with E-state index in [0.29, 0.717) is 19.7 Å². The van der Waals surface area contributed by atoms with Crippen LogP contribution in [-0.4, -0.2) is 24.2 Å². The first-order valence-corrected chi connectivity index (χ1v) is 7.71. The monoisotopic (exact) mass is 303 g/mol. The fourth-order valence-electron chi connectivity index (χ4n) is 2.30. The summed E-state index contributed by atoms with van der Waals surface area (Å²) in [4.78, 5) is 17.8. The lowest BCUT2D eigenvalue weighted by Gasteiger charge is -2.17. The number of ether oxygens (including phenoxy) is 1. The fraction of sp³-hybridized carbons (Fsp3) is 0.333. The van der Waals surface area contributed by atoms with Crippen LogP contribution in [0.5, 0.6) is 0 Å². The average Bonchev–Trinajstić information content (AvgIpc) is 3.07. The summed E-state index contributed by atoms with van der Waals surface area (Å²) >= 11 is 1.65. The van der Waals surface area contributed by atoms with Crippen molar-refractivity contribution in [1.82, 2.24) is 4.98 Å². The Morgan fingerprint density at radius 1 is 1.43 bits per heavy atom. The summed E-state index contributed by atoms with van der Waals surface area (Å²) in [5.74, 6) is 0. The van der Waals surface area contributed by atoms with Crippen molar-refractivity contribution in [3.63, 3.8) is 0 Å². The van der Waals surface area contributed by atoms with E-state index in [1.54, 1.807) is 16.2 Å². The lowest BCUT2D eigenvalue weighted by Crippen LogP contribution is -2.24. The summed E-state index contributed by atoms with van der Waals surface area (Å²) in [6.07, 6.45) is -0.273. The Morgan fingerprint density at radius 2 is 2.29 bits per heavy atom. The number of aryl methyl sites for hydroxylation is 2. The van der Waals surface area contributed by atoms with Crippen LogP contribution in [0.3, 0.4) is 0 Å². The highest BCUT2D eigenvalue weighted by molar-refractivity contribution is 7.09. The quantitative estimate of drug-likeness (QED) is 0.941. The van der Waals surface area contributed by atoms with Crippen LogP contribution in [-0.2, 0) is 11.3 Å². The van der Waals surface area contributed by atoms with E-state index in [4.69, 9.17) is 4.74 Å². The van der Waals surface area contributed by atoms with Gasteiger partial charge in [0.15, 0.2) is 0 Å². The number of aromatic nitrogens is 1. The molecule has 21 heavy (non-hydrogen) atoms. The molecule has 1 aliphatic rings. The molecule has 1 fully saturated rings. The van der Waals surface area contributed by atoms with Gasteiger partial charge in [-0.15, -0.1) is 11.3 Å². The Bertz CT molecular complexity index is 669. The van der Waals surface area contributed by atoms with Crippen LogP contribution >= 0.6 is 11.3 Å². The Balaban J connectivity index is 1.75. The lowest BCUT2D eigenvalue weighted by atomic mass is 10.1. The minimum absolute atomic E-state index is 0.273. The zero-order valence-electron chi connectivity index (χ0n) is 12.0. The molecule has 0 unspecified atom stereocenters. The molecule has 1 saturated heterocycles. The smallest absolute Gasteiger partial charge is 0.414 e. The van der Waals surface area contributed by atoms with E-state index in [0.717, 1.165) is 27.6 Å². The number of anilines is 2. The van der Waals surface area contributed by atoms with Crippen LogP contribution in [0.25, 0.3) is 0 Å². The van der Waals surface area contributed by atoms with Crippen molar-refractivity contribution in [2.24, 2.45) is 0 Å². The van der Waals surface area contributed by atoms with Gasteiger partial charge in [0.25, 0.3) is 0 Å². The number of thiazole rings is 1. The third kappa shape index (κ3) is 3.00. The molecule has 1 aromatic carbocycles. The van der Waals surface area contributed by atoms with Gasteiger partial charge in [0, 0.05) is 11.1 Å². The number of hydrogen-bond donors (Lipinski definition) is 1. The zero-order valence-corrected chi connectivity index (χ0v) is 12.9. The molecular formula is C15H17N3O2S. The molecule has 0 radical (unpaired) electrons. The molecule has 6 heteroatoms. The summed E-state index contributed by atoms with van der Waals surface area (Å²) in [6.45, 7) is 5.73. The molecule has 3 rings (SSSR count). The van der Waals surface area contributed by atoms with E-state index in [1.165, 1.54) is 0 Å². The largest absolute Gasteiger partial charge is 0.447 e. The minimum Gasteiger partial charge on any atom is -0.447 e. The SMILES string of the molecule is Cc1nc(CNc2ccc(C)c(N3CCOC3=O)c2)cs1. The Morgan fingerprint density at radius 3 is 2.95 bits per heavy atom. The molecular weight excluding hydrogens is 286 g/mol. The standard InChI is InChI=1S/C15H17N3O2S/c1-10-3-4-12(16-8-13-9-21-11(2)17-13)7-14(10)18-5-6-20-15(18)19/h3-4,7,9,16H,5-6,8H2,1-2H3. The molecule has 1 N–H and O–H groups in total. The maximum absolute atomic E-state index is 11.7. The highest BCUT2D eigenvalue weighted by Crippen LogP contribution is 2.27. The van der Waals surface area contributed by atoms with Crippen molar-refractivity contribution in [3.05, 3.63) is 39.8 Å². The second kappa shape index (κ2) is 5.73. The summed E-state index contributed by atoms with van der Waals surface area (Å²) < 4.78 is 5.00. The third-order valence-electron chi connectivity index (χ3n) is 3.40. The maximum atomic E-state index is 11.7. The van der Waals surface area contributed by atoms with Crippen molar-refractivity contribution in [2.75, 3.05) is 23.4 Å². The molecule has 110 valence electrons.